The Morgan fingerprint density at radius 3 is 2.88 bits per heavy atom. The molecule has 0 aromatic rings. The first-order chi connectivity index (χ1) is 7.56. The molecule has 0 aromatic heterocycles. The van der Waals surface area contributed by atoms with Gasteiger partial charge in [-0.25, -0.2) is 0 Å². The summed E-state index contributed by atoms with van der Waals surface area (Å²) in [5, 5.41) is 3.33. The third-order valence-electron chi connectivity index (χ3n) is 2.99. The van der Waals surface area contributed by atoms with Crippen LogP contribution in [0.5, 0.6) is 0 Å². The van der Waals surface area contributed by atoms with E-state index in [1.165, 1.54) is 13.5 Å². The van der Waals surface area contributed by atoms with Crippen molar-refractivity contribution in [2.24, 2.45) is 11.3 Å². The van der Waals surface area contributed by atoms with E-state index in [9.17, 15) is 4.79 Å². The van der Waals surface area contributed by atoms with Crippen LogP contribution in [0, 0.1) is 11.3 Å². The molecule has 94 valence electrons. The van der Waals surface area contributed by atoms with E-state index in [1.54, 1.807) is 0 Å². The van der Waals surface area contributed by atoms with Crippen LogP contribution in [0.4, 0.5) is 0 Å². The summed E-state index contributed by atoms with van der Waals surface area (Å²) in [6.07, 6.45) is 2.36. The first-order valence-electron chi connectivity index (χ1n) is 5.93. The molecule has 1 fully saturated rings. The van der Waals surface area contributed by atoms with Crippen molar-refractivity contribution in [3.8, 4) is 0 Å². The molecule has 1 atom stereocenters. The Kier molecular flexibility index (Phi) is 5.22. The van der Waals surface area contributed by atoms with Gasteiger partial charge in [0.15, 0.2) is 0 Å². The van der Waals surface area contributed by atoms with E-state index >= 15 is 0 Å². The number of hydrogen-bond donors (Lipinski definition) is 1. The van der Waals surface area contributed by atoms with Crippen LogP contribution in [0.1, 0.15) is 26.7 Å². The number of carbonyl (C=O) groups excluding carboxylic acids is 1. The summed E-state index contributed by atoms with van der Waals surface area (Å²) in [7, 11) is 1.43. The Morgan fingerprint density at radius 1 is 1.56 bits per heavy atom. The molecule has 1 unspecified atom stereocenters. The summed E-state index contributed by atoms with van der Waals surface area (Å²) in [4.78, 5) is 11.4. The molecule has 0 aliphatic carbocycles. The highest BCUT2D eigenvalue weighted by Gasteiger charge is 2.28. The predicted molar refractivity (Wildman–Crippen MR) is 62.2 cm³/mol. The topological polar surface area (TPSA) is 47.6 Å². The molecule has 0 saturated carbocycles. The van der Waals surface area contributed by atoms with Crippen molar-refractivity contribution in [2.45, 2.75) is 26.7 Å². The Labute approximate surface area is 97.7 Å². The van der Waals surface area contributed by atoms with Gasteiger partial charge in [0.2, 0.25) is 0 Å². The summed E-state index contributed by atoms with van der Waals surface area (Å²) in [6, 6.07) is 0. The highest BCUT2D eigenvalue weighted by atomic mass is 16.5. The van der Waals surface area contributed by atoms with Crippen LogP contribution < -0.4 is 5.32 Å². The zero-order chi connectivity index (χ0) is 12.0. The van der Waals surface area contributed by atoms with E-state index in [0.717, 1.165) is 26.2 Å². The van der Waals surface area contributed by atoms with Gasteiger partial charge in [-0.2, -0.15) is 0 Å². The lowest BCUT2D eigenvalue weighted by molar-refractivity contribution is -0.150. The van der Waals surface area contributed by atoms with Crippen molar-refractivity contribution in [2.75, 3.05) is 33.4 Å². The zero-order valence-corrected chi connectivity index (χ0v) is 10.5. The van der Waals surface area contributed by atoms with Crippen LogP contribution in [0.15, 0.2) is 0 Å². The van der Waals surface area contributed by atoms with Gasteiger partial charge in [0.05, 0.1) is 19.1 Å². The molecular weight excluding hydrogens is 206 g/mol. The Hall–Kier alpha value is -0.610. The number of rotatable bonds is 5. The largest absolute Gasteiger partial charge is 0.469 e. The van der Waals surface area contributed by atoms with E-state index in [-0.39, 0.29) is 5.97 Å². The number of methoxy groups -OCH3 is 1. The molecule has 1 aliphatic heterocycles. The molecule has 0 radical (unpaired) electrons. The normalized spacial score (nSPS) is 21.8. The van der Waals surface area contributed by atoms with E-state index in [2.05, 4.69) is 5.32 Å². The highest BCUT2D eigenvalue weighted by Crippen LogP contribution is 2.16. The number of esters is 1. The third kappa shape index (κ3) is 4.10. The van der Waals surface area contributed by atoms with Gasteiger partial charge in [-0.1, -0.05) is 0 Å². The second-order valence-corrected chi connectivity index (χ2v) is 5.09. The lowest BCUT2D eigenvalue weighted by atomic mass is 9.93. The Morgan fingerprint density at radius 2 is 2.31 bits per heavy atom. The van der Waals surface area contributed by atoms with Crippen molar-refractivity contribution in [3.63, 3.8) is 0 Å². The summed E-state index contributed by atoms with van der Waals surface area (Å²) < 4.78 is 10.2. The summed E-state index contributed by atoms with van der Waals surface area (Å²) in [5.74, 6) is 0.419. The minimum atomic E-state index is -0.454. The molecule has 1 saturated heterocycles. The van der Waals surface area contributed by atoms with Gasteiger partial charge in [0.1, 0.15) is 0 Å². The first-order valence-corrected chi connectivity index (χ1v) is 5.93. The number of ether oxygens (including phenoxy) is 2. The van der Waals surface area contributed by atoms with E-state index < -0.39 is 5.41 Å². The average molecular weight is 229 g/mol. The van der Waals surface area contributed by atoms with Crippen LogP contribution in [-0.4, -0.2) is 39.4 Å². The fourth-order valence-corrected chi connectivity index (χ4v) is 1.91. The SMILES string of the molecule is COC(=O)C(C)(C)CNCC1CCCOC1. The maximum Gasteiger partial charge on any atom is 0.312 e. The average Bonchev–Trinajstić information content (AvgIpc) is 2.29. The predicted octanol–water partition coefficient (Wildman–Crippen LogP) is 1.20. The van der Waals surface area contributed by atoms with Gasteiger partial charge in [-0.15, -0.1) is 0 Å². The highest BCUT2D eigenvalue weighted by molar-refractivity contribution is 5.76. The van der Waals surface area contributed by atoms with Crippen molar-refractivity contribution in [1.82, 2.24) is 5.32 Å². The van der Waals surface area contributed by atoms with E-state index in [1.807, 2.05) is 13.8 Å². The standard InChI is InChI=1S/C12H23NO3/c1-12(2,11(14)15-3)9-13-7-10-5-4-6-16-8-10/h10,13H,4-9H2,1-3H3. The number of hydrogen-bond acceptors (Lipinski definition) is 4. The molecule has 0 bridgehead atoms. The van der Waals surface area contributed by atoms with Gasteiger partial charge in [0.25, 0.3) is 0 Å². The monoisotopic (exact) mass is 229 g/mol. The van der Waals surface area contributed by atoms with Crippen LogP contribution >= 0.6 is 0 Å². The summed E-state index contributed by atoms with van der Waals surface area (Å²) in [5.41, 5.74) is -0.454. The fraction of sp³-hybridized carbons (Fsp3) is 0.917. The molecule has 1 rings (SSSR count). The smallest absolute Gasteiger partial charge is 0.312 e. The van der Waals surface area contributed by atoms with Crippen LogP contribution in [0.2, 0.25) is 0 Å². The zero-order valence-electron chi connectivity index (χ0n) is 10.5. The van der Waals surface area contributed by atoms with Crippen molar-refractivity contribution in [3.05, 3.63) is 0 Å². The molecule has 4 nitrogen and oxygen atoms in total. The molecule has 16 heavy (non-hydrogen) atoms. The van der Waals surface area contributed by atoms with Gasteiger partial charge >= 0.3 is 5.97 Å². The van der Waals surface area contributed by atoms with E-state index in [0.29, 0.717) is 12.5 Å². The molecule has 1 heterocycles. The summed E-state index contributed by atoms with van der Waals surface area (Å²) >= 11 is 0. The molecule has 0 spiro atoms. The molecule has 4 heteroatoms. The lowest BCUT2D eigenvalue weighted by Gasteiger charge is -2.26. The first kappa shape index (κ1) is 13.5. The Bertz CT molecular complexity index is 222. The lowest BCUT2D eigenvalue weighted by Crippen LogP contribution is -2.39. The van der Waals surface area contributed by atoms with Crippen LogP contribution in [0.3, 0.4) is 0 Å². The van der Waals surface area contributed by atoms with Crippen molar-refractivity contribution >= 4 is 5.97 Å². The minimum Gasteiger partial charge on any atom is -0.469 e. The molecule has 1 aliphatic rings. The second kappa shape index (κ2) is 6.21. The van der Waals surface area contributed by atoms with Gasteiger partial charge in [-0.05, 0) is 32.6 Å². The summed E-state index contributed by atoms with van der Waals surface area (Å²) in [6.45, 7) is 7.08. The molecule has 0 aromatic carbocycles. The van der Waals surface area contributed by atoms with Crippen LogP contribution in [-0.2, 0) is 14.3 Å². The molecular formula is C12H23NO3. The maximum atomic E-state index is 11.4. The quantitative estimate of drug-likeness (QED) is 0.720. The Balaban J connectivity index is 2.20. The number of nitrogens with one attached hydrogen (secondary N) is 1. The fourth-order valence-electron chi connectivity index (χ4n) is 1.91. The minimum absolute atomic E-state index is 0.167. The van der Waals surface area contributed by atoms with Crippen LogP contribution in [0.25, 0.3) is 0 Å². The van der Waals surface area contributed by atoms with Gasteiger partial charge < -0.3 is 14.8 Å². The van der Waals surface area contributed by atoms with Gasteiger partial charge in [-0.3, -0.25) is 4.79 Å². The molecule has 1 N–H and O–H groups in total. The number of carbonyl (C=O) groups is 1. The van der Waals surface area contributed by atoms with Crippen molar-refractivity contribution < 1.29 is 14.3 Å². The van der Waals surface area contributed by atoms with Crippen molar-refractivity contribution in [1.29, 1.82) is 0 Å². The third-order valence-corrected chi connectivity index (χ3v) is 2.99. The second-order valence-electron chi connectivity index (χ2n) is 5.09. The van der Waals surface area contributed by atoms with Gasteiger partial charge in [0, 0.05) is 19.7 Å². The maximum absolute atomic E-state index is 11.4. The molecule has 0 amide bonds. The van der Waals surface area contributed by atoms with E-state index in [4.69, 9.17) is 9.47 Å².